The Bertz CT molecular complexity index is 418. The number of unbranched alkanes of at least 4 members (excludes halogenated alkanes) is 1. The number of aliphatic carboxylic acids is 1. The largest absolute Gasteiger partial charge is 0.480 e. The van der Waals surface area contributed by atoms with Crippen LogP contribution in [0.15, 0.2) is 11.8 Å². The zero-order valence-electron chi connectivity index (χ0n) is 12.8. The summed E-state index contributed by atoms with van der Waals surface area (Å²) in [6.45, 7) is 2.79. The van der Waals surface area contributed by atoms with Crippen molar-refractivity contribution in [2.45, 2.75) is 32.2 Å². The van der Waals surface area contributed by atoms with Gasteiger partial charge in [0.2, 0.25) is 0 Å². The highest BCUT2D eigenvalue weighted by atomic mass is 32.2. The third kappa shape index (κ3) is 8.25. The highest BCUT2D eigenvalue weighted by molar-refractivity contribution is 7.98. The number of carbonyl (C=O) groups excluding carboxylic acids is 1. The molecule has 2 N–H and O–H groups in total. The number of nitriles is 1. The zero-order valence-corrected chi connectivity index (χ0v) is 13.6. The van der Waals surface area contributed by atoms with Crippen molar-refractivity contribution in [3.05, 3.63) is 11.8 Å². The third-order valence-corrected chi connectivity index (χ3v) is 3.44. The minimum atomic E-state index is -1.09. The molecule has 1 unspecified atom stereocenters. The molecule has 0 radical (unpaired) electrons. The standard InChI is InChI=1S/C14H23N3O3S/c1-4-5-7-17(2)10-11(9-15)13(18)16-12(14(19)20)6-8-21-3/h10,12H,4-8H2,1-3H3,(H,16,18)(H,19,20)/b11-10-. The van der Waals surface area contributed by atoms with E-state index in [9.17, 15) is 9.59 Å². The summed E-state index contributed by atoms with van der Waals surface area (Å²) in [5.41, 5.74) is -0.0796. The highest BCUT2D eigenvalue weighted by Gasteiger charge is 2.21. The SMILES string of the molecule is CCCCN(C)/C=C(/C#N)C(=O)NC(CCSC)C(=O)O. The van der Waals surface area contributed by atoms with Gasteiger partial charge in [-0.05, 0) is 24.9 Å². The van der Waals surface area contributed by atoms with Gasteiger partial charge in [0.25, 0.3) is 5.91 Å². The van der Waals surface area contributed by atoms with Gasteiger partial charge in [0.05, 0.1) is 0 Å². The van der Waals surface area contributed by atoms with E-state index in [0.29, 0.717) is 12.2 Å². The molecule has 0 fully saturated rings. The van der Waals surface area contributed by atoms with Crippen molar-refractivity contribution in [2.75, 3.05) is 25.6 Å². The Kier molecular flexibility index (Phi) is 10.1. The Balaban J connectivity index is 4.73. The summed E-state index contributed by atoms with van der Waals surface area (Å²) in [5, 5.41) is 20.5. The lowest BCUT2D eigenvalue weighted by Crippen LogP contribution is -2.42. The smallest absolute Gasteiger partial charge is 0.326 e. The van der Waals surface area contributed by atoms with Gasteiger partial charge in [0.15, 0.2) is 0 Å². The van der Waals surface area contributed by atoms with Gasteiger partial charge in [-0.25, -0.2) is 4.79 Å². The molecule has 1 amide bonds. The number of rotatable bonds is 10. The summed E-state index contributed by atoms with van der Waals surface area (Å²) in [4.78, 5) is 24.8. The Morgan fingerprint density at radius 1 is 1.52 bits per heavy atom. The average molecular weight is 313 g/mol. The van der Waals surface area contributed by atoms with E-state index in [1.54, 1.807) is 11.9 Å². The van der Waals surface area contributed by atoms with Gasteiger partial charge in [-0.2, -0.15) is 17.0 Å². The van der Waals surface area contributed by atoms with Crippen LogP contribution >= 0.6 is 11.8 Å². The molecule has 0 spiro atoms. The van der Waals surface area contributed by atoms with Crippen LogP contribution in [0.25, 0.3) is 0 Å². The maximum absolute atomic E-state index is 12.0. The Labute approximate surface area is 130 Å². The van der Waals surface area contributed by atoms with Crippen LogP contribution in [-0.2, 0) is 9.59 Å². The maximum atomic E-state index is 12.0. The fraction of sp³-hybridized carbons (Fsp3) is 0.643. The molecule has 7 heteroatoms. The van der Waals surface area contributed by atoms with Crippen LogP contribution in [0.4, 0.5) is 0 Å². The molecule has 0 aliphatic heterocycles. The second kappa shape index (κ2) is 11.0. The van der Waals surface area contributed by atoms with Crippen LogP contribution in [0.5, 0.6) is 0 Å². The van der Waals surface area contributed by atoms with E-state index >= 15 is 0 Å². The topological polar surface area (TPSA) is 93.4 Å². The summed E-state index contributed by atoms with van der Waals surface area (Å²) in [6.07, 6.45) is 5.62. The maximum Gasteiger partial charge on any atom is 0.326 e. The van der Waals surface area contributed by atoms with E-state index in [1.165, 1.54) is 18.0 Å². The normalized spacial score (nSPS) is 12.4. The van der Waals surface area contributed by atoms with Crippen molar-refractivity contribution in [1.82, 2.24) is 10.2 Å². The number of hydrogen-bond donors (Lipinski definition) is 2. The van der Waals surface area contributed by atoms with Crippen molar-refractivity contribution in [3.8, 4) is 6.07 Å². The number of nitrogens with zero attached hydrogens (tertiary/aromatic N) is 2. The van der Waals surface area contributed by atoms with Crippen molar-refractivity contribution in [2.24, 2.45) is 0 Å². The van der Waals surface area contributed by atoms with Crippen LogP contribution in [0.1, 0.15) is 26.2 Å². The number of hydrogen-bond acceptors (Lipinski definition) is 5. The zero-order chi connectivity index (χ0) is 16.3. The van der Waals surface area contributed by atoms with Crippen LogP contribution in [0.3, 0.4) is 0 Å². The Hall–Kier alpha value is -1.68. The highest BCUT2D eigenvalue weighted by Crippen LogP contribution is 2.04. The van der Waals surface area contributed by atoms with Crippen LogP contribution in [0, 0.1) is 11.3 Å². The molecular formula is C14H23N3O3S. The summed E-state index contributed by atoms with van der Waals surface area (Å²) in [5.74, 6) is -1.11. The summed E-state index contributed by atoms with van der Waals surface area (Å²) in [6, 6.07) is 0.849. The predicted molar refractivity (Wildman–Crippen MR) is 83.8 cm³/mol. The van der Waals surface area contributed by atoms with Gasteiger partial charge in [0.1, 0.15) is 17.7 Å². The van der Waals surface area contributed by atoms with Gasteiger partial charge in [-0.3, -0.25) is 4.79 Å². The van der Waals surface area contributed by atoms with Gasteiger partial charge in [0, 0.05) is 19.8 Å². The van der Waals surface area contributed by atoms with Crippen molar-refractivity contribution in [3.63, 3.8) is 0 Å². The lowest BCUT2D eigenvalue weighted by Gasteiger charge is -2.16. The molecule has 0 aromatic rings. The number of thioether (sulfide) groups is 1. The van der Waals surface area contributed by atoms with Gasteiger partial charge >= 0.3 is 5.97 Å². The fourth-order valence-corrected chi connectivity index (χ4v) is 2.03. The number of carboxylic acid groups (broad SMARTS) is 1. The van der Waals surface area contributed by atoms with Crippen LogP contribution in [-0.4, -0.2) is 53.5 Å². The summed E-state index contributed by atoms with van der Waals surface area (Å²) >= 11 is 1.51. The van der Waals surface area contributed by atoms with E-state index in [4.69, 9.17) is 10.4 Å². The minimum Gasteiger partial charge on any atom is -0.480 e. The van der Waals surface area contributed by atoms with Crippen molar-refractivity contribution >= 4 is 23.6 Å². The molecule has 21 heavy (non-hydrogen) atoms. The predicted octanol–water partition coefficient (Wildman–Crippen LogP) is 1.45. The lowest BCUT2D eigenvalue weighted by atomic mass is 10.2. The second-order valence-electron chi connectivity index (χ2n) is 4.63. The molecule has 0 heterocycles. The lowest BCUT2D eigenvalue weighted by molar-refractivity contribution is -0.141. The first-order valence-electron chi connectivity index (χ1n) is 6.81. The molecule has 0 bridgehead atoms. The first kappa shape index (κ1) is 19.3. The van der Waals surface area contributed by atoms with Crippen molar-refractivity contribution < 1.29 is 14.7 Å². The molecule has 0 saturated heterocycles. The summed E-state index contributed by atoms with van der Waals surface area (Å²) < 4.78 is 0. The Morgan fingerprint density at radius 2 is 2.19 bits per heavy atom. The van der Waals surface area contributed by atoms with Crippen LogP contribution < -0.4 is 5.32 Å². The van der Waals surface area contributed by atoms with Gasteiger partial charge < -0.3 is 15.3 Å². The van der Waals surface area contributed by atoms with E-state index in [2.05, 4.69) is 12.2 Å². The van der Waals surface area contributed by atoms with Gasteiger partial charge in [-0.1, -0.05) is 13.3 Å². The van der Waals surface area contributed by atoms with Gasteiger partial charge in [-0.15, -0.1) is 0 Å². The number of amides is 1. The number of nitrogens with one attached hydrogen (secondary N) is 1. The molecule has 0 saturated carbocycles. The minimum absolute atomic E-state index is 0.0796. The third-order valence-electron chi connectivity index (χ3n) is 2.79. The molecule has 0 aliphatic rings. The number of carboxylic acids is 1. The molecule has 118 valence electrons. The molecule has 0 aromatic heterocycles. The molecule has 0 aliphatic carbocycles. The molecule has 6 nitrogen and oxygen atoms in total. The number of carbonyl (C=O) groups is 2. The van der Waals surface area contributed by atoms with Crippen LogP contribution in [0.2, 0.25) is 0 Å². The van der Waals surface area contributed by atoms with E-state index in [0.717, 1.165) is 19.4 Å². The fourth-order valence-electron chi connectivity index (χ4n) is 1.56. The first-order chi connectivity index (χ1) is 9.96. The molecule has 1 atom stereocenters. The monoisotopic (exact) mass is 313 g/mol. The quantitative estimate of drug-likeness (QED) is 0.468. The average Bonchev–Trinajstić information content (AvgIpc) is 2.46. The Morgan fingerprint density at radius 3 is 2.67 bits per heavy atom. The van der Waals surface area contributed by atoms with E-state index in [-0.39, 0.29) is 5.57 Å². The molecule has 0 aromatic carbocycles. The molecule has 0 rings (SSSR count). The first-order valence-corrected chi connectivity index (χ1v) is 8.20. The van der Waals surface area contributed by atoms with E-state index in [1.807, 2.05) is 12.3 Å². The van der Waals surface area contributed by atoms with Crippen molar-refractivity contribution in [1.29, 1.82) is 5.26 Å². The summed E-state index contributed by atoms with van der Waals surface area (Å²) in [7, 11) is 1.78. The van der Waals surface area contributed by atoms with E-state index < -0.39 is 17.9 Å². The molecular weight excluding hydrogens is 290 g/mol. The second-order valence-corrected chi connectivity index (χ2v) is 5.62.